The van der Waals surface area contributed by atoms with Gasteiger partial charge in [-0.05, 0) is 60.4 Å². The van der Waals surface area contributed by atoms with Crippen molar-refractivity contribution >= 4 is 17.5 Å². The lowest BCUT2D eigenvalue weighted by atomic mass is 9.89. The topological polar surface area (TPSA) is 73.2 Å². The summed E-state index contributed by atoms with van der Waals surface area (Å²) >= 11 is 0. The minimum Gasteiger partial charge on any atom is -0.380 e. The Morgan fingerprint density at radius 3 is 2.42 bits per heavy atom. The molecular formula is C27H37N3O3. The Bertz CT molecular complexity index is 955. The van der Waals surface area contributed by atoms with E-state index in [1.54, 1.807) is 4.90 Å². The van der Waals surface area contributed by atoms with E-state index >= 15 is 0 Å². The smallest absolute Gasteiger partial charge is 0.254 e. The molecule has 2 heterocycles. The minimum atomic E-state index is -1.13. The summed E-state index contributed by atoms with van der Waals surface area (Å²) in [4.78, 5) is 33.6. The third-order valence-electron chi connectivity index (χ3n) is 7.36. The molecule has 2 aliphatic heterocycles. The number of nitrogens with zero attached hydrogens (tertiary/aromatic N) is 3. The van der Waals surface area contributed by atoms with Crippen LogP contribution in [0.15, 0.2) is 35.3 Å². The van der Waals surface area contributed by atoms with Crippen molar-refractivity contribution in [3.05, 3.63) is 47.0 Å². The van der Waals surface area contributed by atoms with E-state index in [0.717, 1.165) is 30.5 Å². The molecule has 4 rings (SSSR count). The lowest BCUT2D eigenvalue weighted by Crippen LogP contribution is -2.54. The maximum absolute atomic E-state index is 13.0. The number of aliphatic hydroxyl groups is 1. The first-order valence-electron chi connectivity index (χ1n) is 12.5. The van der Waals surface area contributed by atoms with Crippen LogP contribution in [0.1, 0.15) is 69.1 Å². The molecule has 33 heavy (non-hydrogen) atoms. The molecular weight excluding hydrogens is 414 g/mol. The average Bonchev–Trinajstić information content (AvgIpc) is 3.61. The van der Waals surface area contributed by atoms with Crippen LogP contribution in [-0.4, -0.2) is 70.8 Å². The van der Waals surface area contributed by atoms with Gasteiger partial charge in [0, 0.05) is 26.2 Å². The Morgan fingerprint density at radius 2 is 1.85 bits per heavy atom. The summed E-state index contributed by atoms with van der Waals surface area (Å²) in [6.45, 7) is 9.18. The van der Waals surface area contributed by atoms with Gasteiger partial charge in [-0.15, -0.1) is 0 Å². The summed E-state index contributed by atoms with van der Waals surface area (Å²) in [5.74, 6) is 0.195. The molecule has 0 aromatic heterocycles. The molecule has 0 spiro atoms. The van der Waals surface area contributed by atoms with Gasteiger partial charge in [0.05, 0.1) is 18.2 Å². The number of aryl methyl sites for hydroxylation is 1. The number of hydrogen-bond acceptors (Lipinski definition) is 4. The lowest BCUT2D eigenvalue weighted by Gasteiger charge is -2.37. The largest absolute Gasteiger partial charge is 0.380 e. The highest BCUT2D eigenvalue weighted by molar-refractivity contribution is 6.10. The third kappa shape index (κ3) is 5.06. The Morgan fingerprint density at radius 1 is 1.15 bits per heavy atom. The highest BCUT2D eigenvalue weighted by Crippen LogP contribution is 2.37. The van der Waals surface area contributed by atoms with E-state index in [1.165, 1.54) is 11.1 Å². The Labute approximate surface area is 197 Å². The van der Waals surface area contributed by atoms with Crippen LogP contribution in [0, 0.1) is 5.92 Å². The molecule has 6 nitrogen and oxygen atoms in total. The molecule has 3 aliphatic rings. The van der Waals surface area contributed by atoms with Crippen LogP contribution in [0.25, 0.3) is 0 Å². The van der Waals surface area contributed by atoms with Gasteiger partial charge in [0.1, 0.15) is 5.60 Å². The van der Waals surface area contributed by atoms with Gasteiger partial charge in [0.2, 0.25) is 5.91 Å². The molecule has 0 radical (unpaired) electrons. The molecule has 1 aromatic carbocycles. The van der Waals surface area contributed by atoms with E-state index in [4.69, 9.17) is 4.99 Å². The van der Waals surface area contributed by atoms with Crippen molar-refractivity contribution in [2.75, 3.05) is 32.7 Å². The van der Waals surface area contributed by atoms with Crippen LogP contribution in [0.3, 0.4) is 0 Å². The van der Waals surface area contributed by atoms with Crippen LogP contribution < -0.4 is 0 Å². The second-order valence-electron chi connectivity index (χ2n) is 9.81. The summed E-state index contributed by atoms with van der Waals surface area (Å²) in [5, 5.41) is 10.1. The number of allylic oxidation sites excluding steroid dienone is 1. The van der Waals surface area contributed by atoms with Crippen LogP contribution >= 0.6 is 0 Å². The van der Waals surface area contributed by atoms with E-state index in [9.17, 15) is 14.7 Å². The minimum absolute atomic E-state index is 0.0741. The van der Waals surface area contributed by atoms with Gasteiger partial charge in [-0.2, -0.15) is 0 Å². The normalized spacial score (nSPS) is 22.7. The first-order valence-corrected chi connectivity index (χ1v) is 12.5. The number of carbonyl (C=O) groups is 2. The van der Waals surface area contributed by atoms with E-state index in [-0.39, 0.29) is 17.7 Å². The number of rotatable bonds is 7. The SMILES string of the molecule is CCCc1cc(C2=NCC(C(=O)N3CCN(C(=O)C4(O)CC4)CC3)C=C2)ccc1C(C)CC. The van der Waals surface area contributed by atoms with Crippen molar-refractivity contribution in [1.82, 2.24) is 9.80 Å². The second kappa shape index (κ2) is 9.80. The average molecular weight is 452 g/mol. The fourth-order valence-electron chi connectivity index (χ4n) is 4.81. The zero-order chi connectivity index (χ0) is 23.6. The second-order valence-corrected chi connectivity index (χ2v) is 9.81. The molecule has 0 bridgehead atoms. The van der Waals surface area contributed by atoms with Gasteiger partial charge >= 0.3 is 0 Å². The van der Waals surface area contributed by atoms with Gasteiger partial charge < -0.3 is 14.9 Å². The van der Waals surface area contributed by atoms with E-state index in [0.29, 0.717) is 51.5 Å². The first-order chi connectivity index (χ1) is 15.9. The van der Waals surface area contributed by atoms with Gasteiger partial charge in [-0.25, -0.2) is 0 Å². The van der Waals surface area contributed by atoms with Crippen LogP contribution in [-0.2, 0) is 16.0 Å². The number of amides is 2. The summed E-state index contributed by atoms with van der Waals surface area (Å²) in [6.07, 6.45) is 8.39. The molecule has 2 fully saturated rings. The van der Waals surface area contributed by atoms with Crippen molar-refractivity contribution in [1.29, 1.82) is 0 Å². The Balaban J connectivity index is 1.36. The fourth-order valence-corrected chi connectivity index (χ4v) is 4.81. The summed E-state index contributed by atoms with van der Waals surface area (Å²) in [5.41, 5.74) is 3.77. The van der Waals surface area contributed by atoms with E-state index < -0.39 is 5.60 Å². The molecule has 1 saturated heterocycles. The monoisotopic (exact) mass is 451 g/mol. The number of hydrogen-bond donors (Lipinski definition) is 1. The summed E-state index contributed by atoms with van der Waals surface area (Å²) in [6, 6.07) is 6.69. The van der Waals surface area contributed by atoms with Crippen molar-refractivity contribution < 1.29 is 14.7 Å². The van der Waals surface area contributed by atoms with Crippen molar-refractivity contribution in [3.8, 4) is 0 Å². The quantitative estimate of drug-likeness (QED) is 0.691. The first kappa shape index (κ1) is 23.7. The van der Waals surface area contributed by atoms with Gasteiger partial charge in [-0.3, -0.25) is 14.6 Å². The molecule has 1 saturated carbocycles. The fraction of sp³-hybridized carbons (Fsp3) is 0.593. The lowest BCUT2D eigenvalue weighted by molar-refractivity contribution is -0.147. The van der Waals surface area contributed by atoms with Gasteiger partial charge in [-0.1, -0.05) is 45.4 Å². The number of carbonyl (C=O) groups excluding carboxylic acids is 2. The van der Waals surface area contributed by atoms with Gasteiger partial charge in [0.25, 0.3) is 5.91 Å². The van der Waals surface area contributed by atoms with Crippen LogP contribution in [0.5, 0.6) is 0 Å². The standard InChI is InChI=1S/C27H37N3O3/c1-4-6-20-17-21(7-9-23(20)19(3)5-2)24-10-8-22(18-28-24)25(31)29-13-15-30(16-14-29)26(32)27(33)11-12-27/h7-10,17,19,22,33H,4-6,11-16,18H2,1-3H3. The van der Waals surface area contributed by atoms with Crippen molar-refractivity contribution in [2.24, 2.45) is 10.9 Å². The highest BCUT2D eigenvalue weighted by atomic mass is 16.3. The van der Waals surface area contributed by atoms with Crippen LogP contribution in [0.2, 0.25) is 0 Å². The van der Waals surface area contributed by atoms with Gasteiger partial charge in [0.15, 0.2) is 0 Å². The maximum Gasteiger partial charge on any atom is 0.254 e. The third-order valence-corrected chi connectivity index (χ3v) is 7.36. The summed E-state index contributed by atoms with van der Waals surface area (Å²) < 4.78 is 0. The predicted octanol–water partition coefficient (Wildman–Crippen LogP) is 3.32. The molecule has 1 N–H and O–H groups in total. The zero-order valence-electron chi connectivity index (χ0n) is 20.2. The number of piperazine rings is 1. The number of benzene rings is 1. The van der Waals surface area contributed by atoms with E-state index in [2.05, 4.69) is 39.0 Å². The highest BCUT2D eigenvalue weighted by Gasteiger charge is 2.50. The molecule has 2 amide bonds. The Hall–Kier alpha value is -2.47. The zero-order valence-corrected chi connectivity index (χ0v) is 20.2. The molecule has 178 valence electrons. The van der Waals surface area contributed by atoms with Crippen LogP contribution in [0.4, 0.5) is 0 Å². The molecule has 2 atom stereocenters. The number of aliphatic imine (C=N–C) groups is 1. The Kier molecular flexibility index (Phi) is 7.03. The van der Waals surface area contributed by atoms with E-state index in [1.807, 2.05) is 17.1 Å². The molecule has 1 aliphatic carbocycles. The van der Waals surface area contributed by atoms with Crippen molar-refractivity contribution in [2.45, 2.75) is 64.4 Å². The van der Waals surface area contributed by atoms with Crippen molar-refractivity contribution in [3.63, 3.8) is 0 Å². The molecule has 6 heteroatoms. The maximum atomic E-state index is 13.0. The summed E-state index contributed by atoms with van der Waals surface area (Å²) in [7, 11) is 0. The number of dihydropyridines is 1. The molecule has 2 unspecified atom stereocenters. The predicted molar refractivity (Wildman–Crippen MR) is 131 cm³/mol. The molecule has 1 aromatic rings.